The zero-order chi connectivity index (χ0) is 8.55. The summed E-state index contributed by atoms with van der Waals surface area (Å²) in [6.07, 6.45) is 0. The van der Waals surface area contributed by atoms with Crippen molar-refractivity contribution < 1.29 is 0 Å². The van der Waals surface area contributed by atoms with E-state index < -0.39 is 0 Å². The Balaban J connectivity index is 2.81. The number of nitrogen functional groups attached to an aromatic ring is 1. The minimum Gasteiger partial charge on any atom is -0.323 e. The van der Waals surface area contributed by atoms with Gasteiger partial charge in [-0.05, 0) is 29.3 Å². The zero-order valence-corrected chi connectivity index (χ0v) is 7.61. The van der Waals surface area contributed by atoms with Crippen LogP contribution in [0.3, 0.4) is 0 Å². The average Bonchev–Trinajstić information content (AvgIpc) is 2.48. The highest BCUT2D eigenvalue weighted by atomic mass is 32.1. The van der Waals surface area contributed by atoms with E-state index in [-0.39, 0.29) is 0 Å². The Morgan fingerprint density at radius 3 is 3.00 bits per heavy atom. The lowest BCUT2D eigenvalue weighted by Gasteiger charge is -2.00. The molecule has 0 fully saturated rings. The molecule has 3 N–H and O–H groups in total. The van der Waals surface area contributed by atoms with E-state index in [4.69, 9.17) is 5.84 Å². The number of aryl methyl sites for hydroxylation is 1. The highest BCUT2D eigenvalue weighted by Gasteiger charge is 2.02. The van der Waals surface area contributed by atoms with Gasteiger partial charge in [-0.3, -0.25) is 5.84 Å². The second kappa shape index (κ2) is 2.77. The second-order valence-corrected chi connectivity index (χ2v) is 3.62. The van der Waals surface area contributed by atoms with Crippen molar-refractivity contribution in [3.63, 3.8) is 0 Å². The van der Waals surface area contributed by atoms with Crippen molar-refractivity contribution in [1.29, 1.82) is 0 Å². The van der Waals surface area contributed by atoms with Crippen LogP contribution in [0.4, 0.5) is 5.69 Å². The molecule has 0 saturated heterocycles. The lowest BCUT2D eigenvalue weighted by atomic mass is 10.2. The first-order valence-corrected chi connectivity index (χ1v) is 4.64. The Morgan fingerprint density at radius 1 is 1.42 bits per heavy atom. The molecule has 2 aromatic rings. The molecule has 1 heterocycles. The van der Waals surface area contributed by atoms with Gasteiger partial charge in [0.05, 0.1) is 10.4 Å². The maximum absolute atomic E-state index is 5.38. The van der Waals surface area contributed by atoms with E-state index in [1.54, 1.807) is 11.3 Å². The van der Waals surface area contributed by atoms with Crippen LogP contribution < -0.4 is 11.3 Å². The molecule has 2 rings (SSSR count). The molecule has 0 atom stereocenters. The van der Waals surface area contributed by atoms with Crippen LogP contribution in [0.25, 0.3) is 10.1 Å². The summed E-state index contributed by atoms with van der Waals surface area (Å²) in [5.74, 6) is 5.38. The standard InChI is InChI=1S/C9H10N2S/c1-6-5-12-9-7(6)3-2-4-8(9)11-10/h2-5,11H,10H2,1H3. The third kappa shape index (κ3) is 0.983. The van der Waals surface area contributed by atoms with E-state index in [0.717, 1.165) is 5.69 Å². The number of rotatable bonds is 1. The summed E-state index contributed by atoms with van der Waals surface area (Å²) in [5.41, 5.74) is 5.01. The van der Waals surface area contributed by atoms with Crippen LogP contribution in [0.15, 0.2) is 23.6 Å². The summed E-state index contributed by atoms with van der Waals surface area (Å²) in [6, 6.07) is 6.11. The first-order valence-electron chi connectivity index (χ1n) is 3.76. The number of nitrogens with one attached hydrogen (secondary N) is 1. The number of hydrazine groups is 1. The number of hydrogen-bond donors (Lipinski definition) is 2. The lowest BCUT2D eigenvalue weighted by molar-refractivity contribution is 1.37. The molecular weight excluding hydrogens is 168 g/mol. The van der Waals surface area contributed by atoms with Gasteiger partial charge in [0.2, 0.25) is 0 Å². The van der Waals surface area contributed by atoms with E-state index in [1.165, 1.54) is 15.6 Å². The summed E-state index contributed by atoms with van der Waals surface area (Å²) in [4.78, 5) is 0. The fourth-order valence-corrected chi connectivity index (χ4v) is 2.33. The molecule has 3 heteroatoms. The molecule has 0 aliphatic heterocycles. The first-order chi connectivity index (χ1) is 5.83. The van der Waals surface area contributed by atoms with Gasteiger partial charge in [-0.15, -0.1) is 11.3 Å². The van der Waals surface area contributed by atoms with Crippen molar-refractivity contribution in [1.82, 2.24) is 0 Å². The van der Waals surface area contributed by atoms with E-state index in [9.17, 15) is 0 Å². The number of hydrogen-bond acceptors (Lipinski definition) is 3. The fourth-order valence-electron chi connectivity index (χ4n) is 1.30. The normalized spacial score (nSPS) is 10.5. The quantitative estimate of drug-likeness (QED) is 0.520. The zero-order valence-electron chi connectivity index (χ0n) is 6.79. The Hall–Kier alpha value is -1.06. The summed E-state index contributed by atoms with van der Waals surface area (Å²) >= 11 is 1.72. The molecule has 2 nitrogen and oxygen atoms in total. The van der Waals surface area contributed by atoms with Gasteiger partial charge in [0.1, 0.15) is 0 Å². The van der Waals surface area contributed by atoms with Gasteiger partial charge >= 0.3 is 0 Å². The molecule has 12 heavy (non-hydrogen) atoms. The SMILES string of the molecule is Cc1csc2c(NN)cccc12. The third-order valence-electron chi connectivity index (χ3n) is 1.95. The largest absolute Gasteiger partial charge is 0.323 e. The van der Waals surface area contributed by atoms with Gasteiger partial charge in [-0.1, -0.05) is 12.1 Å². The van der Waals surface area contributed by atoms with Gasteiger partial charge in [-0.25, -0.2) is 0 Å². The van der Waals surface area contributed by atoms with Crippen molar-refractivity contribution in [3.8, 4) is 0 Å². The Bertz CT molecular complexity index is 406. The summed E-state index contributed by atoms with van der Waals surface area (Å²) in [7, 11) is 0. The van der Waals surface area contributed by atoms with Crippen LogP contribution in [0.2, 0.25) is 0 Å². The molecular formula is C9H10N2S. The van der Waals surface area contributed by atoms with E-state index in [1.807, 2.05) is 12.1 Å². The van der Waals surface area contributed by atoms with Crippen LogP contribution in [0.1, 0.15) is 5.56 Å². The van der Waals surface area contributed by atoms with Gasteiger partial charge in [0, 0.05) is 0 Å². The predicted octanol–water partition coefficient (Wildman–Crippen LogP) is 2.50. The fraction of sp³-hybridized carbons (Fsp3) is 0.111. The third-order valence-corrected chi connectivity index (χ3v) is 3.10. The highest BCUT2D eigenvalue weighted by Crippen LogP contribution is 2.30. The minimum atomic E-state index is 1.01. The van der Waals surface area contributed by atoms with Crippen LogP contribution in [0, 0.1) is 6.92 Å². The van der Waals surface area contributed by atoms with Crippen LogP contribution >= 0.6 is 11.3 Å². The molecule has 0 amide bonds. The van der Waals surface area contributed by atoms with Gasteiger partial charge in [0.15, 0.2) is 0 Å². The topological polar surface area (TPSA) is 38.0 Å². The number of anilines is 1. The van der Waals surface area contributed by atoms with Gasteiger partial charge in [-0.2, -0.15) is 0 Å². The van der Waals surface area contributed by atoms with E-state index in [2.05, 4.69) is 23.8 Å². The van der Waals surface area contributed by atoms with Crippen LogP contribution in [-0.2, 0) is 0 Å². The van der Waals surface area contributed by atoms with E-state index >= 15 is 0 Å². The van der Waals surface area contributed by atoms with Crippen LogP contribution in [-0.4, -0.2) is 0 Å². The average molecular weight is 178 g/mol. The maximum Gasteiger partial charge on any atom is 0.0663 e. The number of thiophene rings is 1. The molecule has 0 unspecified atom stereocenters. The van der Waals surface area contributed by atoms with Gasteiger partial charge < -0.3 is 5.43 Å². The molecule has 0 aliphatic carbocycles. The molecule has 0 spiro atoms. The summed E-state index contributed by atoms with van der Waals surface area (Å²) < 4.78 is 1.23. The molecule has 1 aromatic carbocycles. The Morgan fingerprint density at radius 2 is 2.25 bits per heavy atom. The van der Waals surface area contributed by atoms with Crippen LogP contribution in [0.5, 0.6) is 0 Å². The van der Waals surface area contributed by atoms with Crippen molar-refractivity contribution in [2.24, 2.45) is 5.84 Å². The van der Waals surface area contributed by atoms with E-state index in [0.29, 0.717) is 0 Å². The lowest BCUT2D eigenvalue weighted by Crippen LogP contribution is -2.06. The summed E-state index contributed by atoms with van der Waals surface area (Å²) in [5, 5.41) is 3.43. The maximum atomic E-state index is 5.38. The Kier molecular flexibility index (Phi) is 1.75. The first kappa shape index (κ1) is 7.58. The minimum absolute atomic E-state index is 1.01. The molecule has 62 valence electrons. The molecule has 0 radical (unpaired) electrons. The molecule has 0 bridgehead atoms. The number of benzene rings is 1. The van der Waals surface area contributed by atoms with Crippen molar-refractivity contribution in [2.45, 2.75) is 6.92 Å². The van der Waals surface area contributed by atoms with Crippen molar-refractivity contribution in [2.75, 3.05) is 5.43 Å². The predicted molar refractivity (Wildman–Crippen MR) is 54.4 cm³/mol. The molecule has 0 saturated carbocycles. The smallest absolute Gasteiger partial charge is 0.0663 e. The molecule has 1 aromatic heterocycles. The monoisotopic (exact) mass is 178 g/mol. The number of nitrogens with two attached hydrogens (primary N) is 1. The van der Waals surface area contributed by atoms with Crippen molar-refractivity contribution in [3.05, 3.63) is 29.1 Å². The Labute approximate surface area is 75.0 Å². The number of fused-ring (bicyclic) bond motifs is 1. The molecule has 0 aliphatic rings. The van der Waals surface area contributed by atoms with Gasteiger partial charge in [0.25, 0.3) is 0 Å². The summed E-state index contributed by atoms with van der Waals surface area (Å²) in [6.45, 7) is 2.11. The van der Waals surface area contributed by atoms with Crippen molar-refractivity contribution >= 4 is 27.1 Å². The highest BCUT2D eigenvalue weighted by molar-refractivity contribution is 7.18. The second-order valence-electron chi connectivity index (χ2n) is 2.75.